The number of fused-ring (bicyclic) bond motifs is 12. The fourth-order valence-corrected chi connectivity index (χ4v) is 17.8. The maximum atomic E-state index is 19.2. The Bertz CT molecular complexity index is 6470. The van der Waals surface area contributed by atoms with Crippen molar-refractivity contribution in [2.75, 3.05) is 9.80 Å². The van der Waals surface area contributed by atoms with Crippen LogP contribution in [-0.2, 0) is 10.8 Å². The van der Waals surface area contributed by atoms with Crippen LogP contribution in [0.1, 0.15) is 38.9 Å². The molecule has 0 spiro atoms. The van der Waals surface area contributed by atoms with Gasteiger partial charge in [0.2, 0.25) is 0 Å². The van der Waals surface area contributed by atoms with E-state index in [-0.39, 0.29) is 0 Å². The summed E-state index contributed by atoms with van der Waals surface area (Å²) in [7, 11) is 0. The molecule has 496 valence electrons. The van der Waals surface area contributed by atoms with Crippen molar-refractivity contribution in [1.82, 2.24) is 0 Å². The van der Waals surface area contributed by atoms with Crippen molar-refractivity contribution in [3.63, 3.8) is 0 Å². The van der Waals surface area contributed by atoms with Crippen LogP contribution in [0.4, 0.5) is 42.9 Å². The first-order chi connectivity index (χ1) is 51.8. The molecule has 2 atom stereocenters. The molecule has 0 bridgehead atoms. The zero-order valence-electron chi connectivity index (χ0n) is 57.2. The monoisotopic (exact) mass is 1350 g/mol. The normalized spacial score (nSPS) is 14.9. The van der Waals surface area contributed by atoms with E-state index in [4.69, 9.17) is 8.83 Å². The van der Waals surface area contributed by atoms with Gasteiger partial charge in [-0.2, -0.15) is 0 Å². The minimum Gasteiger partial charge on any atom is -0.454 e. The van der Waals surface area contributed by atoms with E-state index in [1.807, 2.05) is 115 Å². The van der Waals surface area contributed by atoms with Crippen LogP contribution in [0, 0.1) is 18.6 Å². The first-order valence-corrected chi connectivity index (χ1v) is 35.7. The number of benzene rings is 16. The highest BCUT2D eigenvalue weighted by atomic mass is 19.1. The van der Waals surface area contributed by atoms with Crippen LogP contribution in [0.25, 0.3) is 111 Å². The minimum absolute atomic E-state index is 0.363. The average Bonchev–Trinajstić information content (AvgIpc) is 1.50. The summed E-state index contributed by atoms with van der Waals surface area (Å²) in [6.07, 6.45) is 0. The molecular formula is C99H64F2N2O2. The Hall–Kier alpha value is -13.4. The first-order valence-electron chi connectivity index (χ1n) is 35.7. The van der Waals surface area contributed by atoms with E-state index >= 15 is 8.78 Å². The maximum absolute atomic E-state index is 19.2. The fourth-order valence-electron chi connectivity index (χ4n) is 17.8. The molecule has 0 N–H and O–H groups in total. The summed E-state index contributed by atoms with van der Waals surface area (Å²) in [5, 5.41) is 3.73. The summed E-state index contributed by atoms with van der Waals surface area (Å²) in [5.74, 6) is -0.816. The second kappa shape index (κ2) is 24.4. The number of hydrogen-bond acceptors (Lipinski definition) is 4. The second-order valence-corrected chi connectivity index (χ2v) is 27.6. The molecule has 0 amide bonds. The van der Waals surface area contributed by atoms with Gasteiger partial charge in [-0.05, 0) is 169 Å². The molecule has 0 aliphatic heterocycles. The van der Waals surface area contributed by atoms with Crippen molar-refractivity contribution in [3.05, 3.63) is 421 Å². The Kier molecular flexibility index (Phi) is 14.3. The highest BCUT2D eigenvalue weighted by Gasteiger charge is 2.64. The van der Waals surface area contributed by atoms with Crippen molar-refractivity contribution < 1.29 is 17.6 Å². The number of para-hydroxylation sites is 4. The number of rotatable bonds is 13. The van der Waals surface area contributed by atoms with Crippen LogP contribution in [-0.4, -0.2) is 0 Å². The predicted molar refractivity (Wildman–Crippen MR) is 427 cm³/mol. The van der Waals surface area contributed by atoms with Gasteiger partial charge in [0.05, 0.1) is 33.6 Å². The lowest BCUT2D eigenvalue weighted by Gasteiger charge is -2.51. The summed E-state index contributed by atoms with van der Waals surface area (Å²) in [4.78, 5) is 4.23. The lowest BCUT2D eigenvalue weighted by atomic mass is 9.49. The third-order valence-electron chi connectivity index (χ3n) is 22.0. The maximum Gasteiger partial charge on any atom is 0.159 e. The van der Waals surface area contributed by atoms with Crippen LogP contribution in [0.2, 0.25) is 0 Å². The summed E-state index contributed by atoms with van der Waals surface area (Å²) < 4.78 is 52.5. The lowest BCUT2D eigenvalue weighted by Crippen LogP contribution is -2.50. The van der Waals surface area contributed by atoms with Crippen LogP contribution >= 0.6 is 0 Å². The average molecular weight is 1350 g/mol. The van der Waals surface area contributed by atoms with E-state index in [2.05, 4.69) is 259 Å². The predicted octanol–water partition coefficient (Wildman–Crippen LogP) is 27.0. The topological polar surface area (TPSA) is 32.8 Å². The van der Waals surface area contributed by atoms with Gasteiger partial charge in [0.25, 0.3) is 0 Å². The lowest BCUT2D eigenvalue weighted by molar-refractivity contribution is 0.437. The highest BCUT2D eigenvalue weighted by Crippen LogP contribution is 2.71. The van der Waals surface area contributed by atoms with Crippen LogP contribution in [0.15, 0.2) is 379 Å². The third-order valence-corrected chi connectivity index (χ3v) is 22.0. The molecular weight excluding hydrogens is 1290 g/mol. The van der Waals surface area contributed by atoms with Crippen molar-refractivity contribution in [2.24, 2.45) is 0 Å². The Labute approximate surface area is 606 Å². The van der Waals surface area contributed by atoms with Gasteiger partial charge in [0, 0.05) is 44.0 Å². The second-order valence-electron chi connectivity index (χ2n) is 27.6. The zero-order chi connectivity index (χ0) is 69.9. The van der Waals surface area contributed by atoms with E-state index in [9.17, 15) is 0 Å². The van der Waals surface area contributed by atoms with Crippen LogP contribution < -0.4 is 9.80 Å². The summed E-state index contributed by atoms with van der Waals surface area (Å²) in [5.41, 5.74) is 21.7. The summed E-state index contributed by atoms with van der Waals surface area (Å²) >= 11 is 0. The van der Waals surface area contributed by atoms with E-state index in [0.29, 0.717) is 56.4 Å². The largest absolute Gasteiger partial charge is 0.454 e. The molecule has 2 unspecified atom stereocenters. The molecule has 2 heterocycles. The third kappa shape index (κ3) is 9.36. The van der Waals surface area contributed by atoms with Crippen molar-refractivity contribution in [2.45, 2.75) is 17.8 Å². The van der Waals surface area contributed by atoms with E-state index < -0.39 is 22.5 Å². The number of hydrogen-bond donors (Lipinski definition) is 0. The van der Waals surface area contributed by atoms with Gasteiger partial charge in [-0.15, -0.1) is 0 Å². The molecule has 2 aliphatic carbocycles. The van der Waals surface area contributed by atoms with Crippen LogP contribution in [0.5, 0.6) is 0 Å². The van der Waals surface area contributed by atoms with E-state index in [1.54, 1.807) is 12.1 Å². The Balaban J connectivity index is 0.918. The molecule has 0 saturated heterocycles. The van der Waals surface area contributed by atoms with Crippen molar-refractivity contribution >= 4 is 78.0 Å². The van der Waals surface area contributed by atoms with Gasteiger partial charge >= 0.3 is 0 Å². The summed E-state index contributed by atoms with van der Waals surface area (Å²) in [6, 6.07) is 128. The Morgan fingerprint density at radius 2 is 0.619 bits per heavy atom. The molecule has 0 radical (unpaired) electrons. The zero-order valence-corrected chi connectivity index (χ0v) is 57.2. The highest BCUT2D eigenvalue weighted by molar-refractivity contribution is 6.13. The standard InChI is InChI=1S/C99H64F2N2O2/c1-63-28-25-35-67(56-63)83-58-69(65-31-9-3-10-32-65)60-89(101)95(83)103(91-49-27-45-81-79-43-20-24-51-93(79)105-97(81)91)73-53-55-77-75-41-18-22-47-85(75)99(87(77)62-73,71-38-15-6-16-39-71)98(70-36-13-5-14-37-70)84-46-21-17-40-74(84)76-54-52-72(61-86(76)98)102(90-48-26-44-80-78-42-19-23-50-92(78)104-96(80)90)94-82(66-33-11-4-12-34-66)57-68(59-88(94)100)64-29-7-2-8-30-64/h2-62H,1H3. The quantitative estimate of drug-likeness (QED) is 0.115. The van der Waals surface area contributed by atoms with Crippen molar-refractivity contribution in [3.8, 4) is 66.8 Å². The molecule has 0 fully saturated rings. The van der Waals surface area contributed by atoms with Gasteiger partial charge in [0.15, 0.2) is 11.2 Å². The molecule has 16 aromatic carbocycles. The molecule has 20 rings (SSSR count). The molecule has 4 nitrogen and oxygen atoms in total. The van der Waals surface area contributed by atoms with Gasteiger partial charge in [0.1, 0.15) is 22.8 Å². The Morgan fingerprint density at radius 1 is 0.257 bits per heavy atom. The number of aryl methyl sites for hydroxylation is 1. The molecule has 6 heteroatoms. The number of halogens is 2. The van der Waals surface area contributed by atoms with Crippen LogP contribution in [0.3, 0.4) is 0 Å². The molecule has 2 aromatic heterocycles. The smallest absolute Gasteiger partial charge is 0.159 e. The van der Waals surface area contributed by atoms with E-state index in [1.165, 1.54) is 0 Å². The minimum atomic E-state index is -1.18. The van der Waals surface area contributed by atoms with E-state index in [0.717, 1.165) is 127 Å². The number of anilines is 6. The summed E-state index contributed by atoms with van der Waals surface area (Å²) in [6.45, 7) is 2.09. The molecule has 18 aromatic rings. The first kappa shape index (κ1) is 61.4. The van der Waals surface area contributed by atoms with Gasteiger partial charge < -0.3 is 18.6 Å². The Morgan fingerprint density at radius 3 is 1.08 bits per heavy atom. The number of nitrogens with zero attached hydrogens (tertiary/aromatic N) is 2. The van der Waals surface area contributed by atoms with Crippen molar-refractivity contribution in [1.29, 1.82) is 0 Å². The van der Waals surface area contributed by atoms with Gasteiger partial charge in [-0.25, -0.2) is 8.78 Å². The molecule has 2 aliphatic rings. The SMILES string of the molecule is Cc1cccc(-c2cc(-c3ccccc3)cc(F)c2N(c2ccc3c(c2)C(c2ccccc2)(C2(c4ccccc4)c4ccccc4-c4ccc(N(c5c(F)cc(-c6ccccc6)cc5-c5ccccc5)c5cccc6c5oc5ccccc56)cc42)c2ccccc2-3)c2cccc3c2oc2ccccc23)c1. The van der Waals surface area contributed by atoms with Gasteiger partial charge in [-0.1, -0.05) is 303 Å². The molecule has 105 heavy (non-hydrogen) atoms. The number of furan rings is 2. The fraction of sp³-hybridized carbons (Fsp3) is 0.0303. The van der Waals surface area contributed by atoms with Gasteiger partial charge in [-0.3, -0.25) is 0 Å². The molecule has 0 saturated carbocycles.